The molecule has 0 unspecified atom stereocenters. The molecule has 0 atom stereocenters. The number of nitrogens with zero attached hydrogens (tertiary/aromatic N) is 1. The second kappa shape index (κ2) is 3.78. The molecular weight excluding hydrogens is 178 g/mol. The predicted molar refractivity (Wildman–Crippen MR) is 57.1 cm³/mol. The monoisotopic (exact) mass is 193 g/mol. The van der Waals surface area contributed by atoms with Crippen LogP contribution in [0.2, 0.25) is 0 Å². The molecule has 1 aromatic rings. The quantitative estimate of drug-likeness (QED) is 0.675. The minimum Gasteiger partial charge on any atom is -0.496 e. The van der Waals surface area contributed by atoms with Crippen molar-refractivity contribution in [3.63, 3.8) is 0 Å². The highest BCUT2D eigenvalue weighted by Crippen LogP contribution is 2.33. The Hall–Kier alpha value is -1.38. The lowest BCUT2D eigenvalue weighted by Crippen LogP contribution is -2.12. The van der Waals surface area contributed by atoms with Crippen molar-refractivity contribution in [1.82, 2.24) is 0 Å². The van der Waals surface area contributed by atoms with Gasteiger partial charge in [-0.25, -0.2) is 0 Å². The lowest BCUT2D eigenvalue weighted by atomic mass is 9.86. The van der Waals surface area contributed by atoms with Crippen molar-refractivity contribution in [3.05, 3.63) is 28.7 Å². The van der Waals surface area contributed by atoms with Crippen molar-refractivity contribution in [2.45, 2.75) is 26.2 Å². The maximum atomic E-state index is 10.4. The molecule has 0 aromatic heterocycles. The summed E-state index contributed by atoms with van der Waals surface area (Å²) < 4.78 is 5.23. The van der Waals surface area contributed by atoms with Crippen molar-refractivity contribution in [2.75, 3.05) is 7.11 Å². The minimum absolute atomic E-state index is 0.0496. The SMILES string of the molecule is COc1ccc(N=O)cc1C(C)(C)C. The molecule has 0 bridgehead atoms. The summed E-state index contributed by atoms with van der Waals surface area (Å²) in [7, 11) is 1.62. The van der Waals surface area contributed by atoms with Gasteiger partial charge >= 0.3 is 0 Å². The summed E-state index contributed by atoms with van der Waals surface area (Å²) in [5.74, 6) is 0.796. The molecule has 14 heavy (non-hydrogen) atoms. The lowest BCUT2D eigenvalue weighted by Gasteiger charge is -2.21. The second-order valence-electron chi connectivity index (χ2n) is 4.23. The summed E-state index contributed by atoms with van der Waals surface area (Å²) in [6.07, 6.45) is 0. The van der Waals surface area contributed by atoms with Gasteiger partial charge in [0.15, 0.2) is 0 Å². The first-order valence-corrected chi connectivity index (χ1v) is 4.51. The van der Waals surface area contributed by atoms with Crippen LogP contribution in [0.25, 0.3) is 0 Å². The van der Waals surface area contributed by atoms with Gasteiger partial charge < -0.3 is 4.74 Å². The number of ether oxygens (including phenoxy) is 1. The van der Waals surface area contributed by atoms with Crippen molar-refractivity contribution >= 4 is 5.69 Å². The Bertz CT molecular complexity index is 340. The van der Waals surface area contributed by atoms with Crippen LogP contribution < -0.4 is 4.74 Å². The average molecular weight is 193 g/mol. The summed E-state index contributed by atoms with van der Waals surface area (Å²) in [5.41, 5.74) is 1.39. The van der Waals surface area contributed by atoms with Gasteiger partial charge in [-0.2, -0.15) is 0 Å². The molecule has 0 saturated heterocycles. The maximum absolute atomic E-state index is 10.4. The van der Waals surface area contributed by atoms with Crippen LogP contribution in [0.1, 0.15) is 26.3 Å². The lowest BCUT2D eigenvalue weighted by molar-refractivity contribution is 0.397. The van der Waals surface area contributed by atoms with E-state index in [1.807, 2.05) is 0 Å². The molecule has 0 amide bonds. The molecule has 0 fully saturated rings. The molecular formula is C11H15NO2. The van der Waals surface area contributed by atoms with Gasteiger partial charge in [0.2, 0.25) is 0 Å². The van der Waals surface area contributed by atoms with Crippen LogP contribution in [0.5, 0.6) is 5.75 Å². The molecule has 1 aromatic carbocycles. The van der Waals surface area contributed by atoms with Crippen LogP contribution in [-0.2, 0) is 5.41 Å². The van der Waals surface area contributed by atoms with Crippen molar-refractivity contribution in [1.29, 1.82) is 0 Å². The highest BCUT2D eigenvalue weighted by molar-refractivity contribution is 5.49. The molecule has 3 nitrogen and oxygen atoms in total. The zero-order chi connectivity index (χ0) is 10.8. The number of nitroso groups, excluding NO2 is 1. The number of rotatable bonds is 2. The van der Waals surface area contributed by atoms with Gasteiger partial charge in [0.1, 0.15) is 11.4 Å². The number of methoxy groups -OCH3 is 1. The number of hydrogen-bond donors (Lipinski definition) is 0. The summed E-state index contributed by atoms with van der Waals surface area (Å²) in [6, 6.07) is 5.20. The largest absolute Gasteiger partial charge is 0.496 e. The van der Waals surface area contributed by atoms with Gasteiger partial charge in [-0.1, -0.05) is 20.8 Å². The fourth-order valence-electron chi connectivity index (χ4n) is 1.34. The third kappa shape index (κ3) is 2.10. The highest BCUT2D eigenvalue weighted by Gasteiger charge is 2.19. The zero-order valence-electron chi connectivity index (χ0n) is 9.00. The number of hydrogen-bond acceptors (Lipinski definition) is 3. The van der Waals surface area contributed by atoms with E-state index in [2.05, 4.69) is 25.9 Å². The first kappa shape index (κ1) is 10.7. The Balaban J connectivity index is 3.29. The van der Waals surface area contributed by atoms with Gasteiger partial charge in [-0.05, 0) is 28.8 Å². The summed E-state index contributed by atoms with van der Waals surface area (Å²) in [5, 5.41) is 2.91. The zero-order valence-corrected chi connectivity index (χ0v) is 9.00. The molecule has 0 aliphatic heterocycles. The van der Waals surface area contributed by atoms with Gasteiger partial charge in [0, 0.05) is 5.56 Å². The smallest absolute Gasteiger partial charge is 0.122 e. The second-order valence-corrected chi connectivity index (χ2v) is 4.23. The first-order valence-electron chi connectivity index (χ1n) is 4.51. The van der Waals surface area contributed by atoms with Crippen LogP contribution in [0.4, 0.5) is 5.69 Å². The Kier molecular flexibility index (Phi) is 2.89. The van der Waals surface area contributed by atoms with E-state index in [4.69, 9.17) is 4.74 Å². The van der Waals surface area contributed by atoms with E-state index in [0.717, 1.165) is 11.3 Å². The molecule has 3 heteroatoms. The predicted octanol–water partition coefficient (Wildman–Crippen LogP) is 3.39. The molecule has 1 rings (SSSR count). The van der Waals surface area contributed by atoms with E-state index in [-0.39, 0.29) is 5.41 Å². The summed E-state index contributed by atoms with van der Waals surface area (Å²) in [4.78, 5) is 10.4. The van der Waals surface area contributed by atoms with E-state index in [1.54, 1.807) is 25.3 Å². The molecule has 0 spiro atoms. The Morgan fingerprint density at radius 2 is 1.93 bits per heavy atom. The van der Waals surface area contributed by atoms with Crippen LogP contribution in [0.3, 0.4) is 0 Å². The standard InChI is InChI=1S/C11H15NO2/c1-11(2,3)9-7-8(12-13)5-6-10(9)14-4/h5-7H,1-4H3. The van der Waals surface area contributed by atoms with Crippen LogP contribution in [-0.4, -0.2) is 7.11 Å². The van der Waals surface area contributed by atoms with Crippen LogP contribution in [0.15, 0.2) is 23.4 Å². The van der Waals surface area contributed by atoms with Crippen molar-refractivity contribution in [3.8, 4) is 5.75 Å². The maximum Gasteiger partial charge on any atom is 0.122 e. The van der Waals surface area contributed by atoms with Crippen LogP contribution >= 0.6 is 0 Å². The minimum atomic E-state index is -0.0496. The Labute approximate surface area is 84.1 Å². The van der Waals surface area contributed by atoms with Gasteiger partial charge in [-0.3, -0.25) is 0 Å². The topological polar surface area (TPSA) is 38.7 Å². The van der Waals surface area contributed by atoms with E-state index < -0.39 is 0 Å². The molecule has 0 heterocycles. The van der Waals surface area contributed by atoms with E-state index >= 15 is 0 Å². The van der Waals surface area contributed by atoms with Gasteiger partial charge in [0.05, 0.1) is 7.11 Å². The summed E-state index contributed by atoms with van der Waals surface area (Å²) in [6.45, 7) is 6.21. The van der Waals surface area contributed by atoms with E-state index in [1.165, 1.54) is 0 Å². The Morgan fingerprint density at radius 3 is 2.36 bits per heavy atom. The molecule has 0 saturated carbocycles. The highest BCUT2D eigenvalue weighted by atomic mass is 16.5. The van der Waals surface area contributed by atoms with Crippen LogP contribution in [0, 0.1) is 4.91 Å². The summed E-state index contributed by atoms with van der Waals surface area (Å²) >= 11 is 0. The van der Waals surface area contributed by atoms with Gasteiger partial charge in [-0.15, -0.1) is 4.91 Å². The molecule has 0 radical (unpaired) electrons. The third-order valence-corrected chi connectivity index (χ3v) is 2.10. The number of benzene rings is 1. The van der Waals surface area contributed by atoms with Crippen molar-refractivity contribution < 1.29 is 4.74 Å². The fourth-order valence-corrected chi connectivity index (χ4v) is 1.34. The van der Waals surface area contributed by atoms with E-state index in [0.29, 0.717) is 5.69 Å². The molecule has 0 aliphatic rings. The first-order chi connectivity index (χ1) is 6.49. The van der Waals surface area contributed by atoms with Crippen molar-refractivity contribution in [2.24, 2.45) is 5.18 Å². The normalized spacial score (nSPS) is 11.1. The molecule has 0 aliphatic carbocycles. The molecule has 76 valence electrons. The van der Waals surface area contributed by atoms with E-state index in [9.17, 15) is 4.91 Å². The Morgan fingerprint density at radius 1 is 1.29 bits per heavy atom. The molecule has 0 N–H and O–H groups in total. The third-order valence-electron chi connectivity index (χ3n) is 2.10. The fraction of sp³-hybridized carbons (Fsp3) is 0.455. The average Bonchev–Trinajstić information content (AvgIpc) is 2.15. The van der Waals surface area contributed by atoms with Gasteiger partial charge in [0.25, 0.3) is 0 Å².